The number of terminal acetylenes is 1. The Morgan fingerprint density at radius 3 is 2.58 bits per heavy atom. The summed E-state index contributed by atoms with van der Waals surface area (Å²) in [4.78, 5) is 26.9. The molecule has 0 unspecified atom stereocenters. The second kappa shape index (κ2) is 7.84. The molecule has 5 rings (SSSR count). The molecule has 5 nitrogen and oxygen atoms in total. The third-order valence-corrected chi connectivity index (χ3v) is 6.98. The Labute approximate surface area is 200 Å². The van der Waals surface area contributed by atoms with E-state index in [1.807, 2.05) is 6.07 Å². The molecule has 2 amide bonds. The number of hydrogen-bond donors (Lipinski definition) is 3. The average Bonchev–Trinajstić information content (AvgIpc) is 3.07. The zero-order chi connectivity index (χ0) is 23.3. The molecule has 1 spiro atoms. The van der Waals surface area contributed by atoms with Gasteiger partial charge in [-0.3, -0.25) is 9.59 Å². The first kappa shape index (κ1) is 21.4. The third-order valence-electron chi connectivity index (χ3n) is 6.51. The van der Waals surface area contributed by atoms with Gasteiger partial charge in [0.25, 0.3) is 0 Å². The maximum Gasteiger partial charge on any atom is 0.238 e. The minimum absolute atomic E-state index is 0.0575. The van der Waals surface area contributed by atoms with E-state index in [4.69, 9.17) is 29.6 Å². The number of phenols is 1. The average molecular weight is 477 g/mol. The normalized spacial score (nSPS) is 23.5. The van der Waals surface area contributed by atoms with E-state index in [1.54, 1.807) is 48.5 Å². The largest absolute Gasteiger partial charge is 0.508 e. The third kappa shape index (κ3) is 3.26. The van der Waals surface area contributed by atoms with Crippen molar-refractivity contribution in [2.45, 2.75) is 23.8 Å². The Morgan fingerprint density at radius 2 is 1.82 bits per heavy atom. The fourth-order valence-corrected chi connectivity index (χ4v) is 5.52. The van der Waals surface area contributed by atoms with Gasteiger partial charge >= 0.3 is 0 Å². The van der Waals surface area contributed by atoms with Gasteiger partial charge in [-0.15, -0.1) is 6.42 Å². The molecule has 164 valence electrons. The maximum atomic E-state index is 13.9. The molecule has 1 saturated heterocycles. The van der Waals surface area contributed by atoms with Crippen LogP contribution in [0.5, 0.6) is 5.75 Å². The molecule has 7 heteroatoms. The fraction of sp³-hybridized carbons (Fsp3) is 0.154. The molecule has 0 aromatic heterocycles. The van der Waals surface area contributed by atoms with Crippen LogP contribution in [0.4, 0.5) is 5.69 Å². The van der Waals surface area contributed by atoms with Gasteiger partial charge in [0.15, 0.2) is 0 Å². The van der Waals surface area contributed by atoms with Gasteiger partial charge in [-0.25, -0.2) is 0 Å². The van der Waals surface area contributed by atoms with E-state index in [9.17, 15) is 14.7 Å². The smallest absolute Gasteiger partial charge is 0.238 e. The quantitative estimate of drug-likeness (QED) is 0.459. The standard InChI is InChI=1S/C26H18Cl2N2O3/c1-2-14-6-9-22(31)18(10-14)24-26(19-8-7-17(28)12-21(19)29-25(26)33)20(13-23(32)30-24)15-4-3-5-16(27)11-15/h1,3-12,20,24,31H,13H2,(H,29,33)(H,30,32)/t20-,24+,26-/m0/s1. The van der Waals surface area contributed by atoms with Crippen LogP contribution in [-0.2, 0) is 15.0 Å². The lowest BCUT2D eigenvalue weighted by atomic mass is 9.59. The summed E-state index contributed by atoms with van der Waals surface area (Å²) in [6, 6.07) is 16.2. The maximum absolute atomic E-state index is 13.9. The summed E-state index contributed by atoms with van der Waals surface area (Å²) in [5.41, 5.74) is 1.59. The van der Waals surface area contributed by atoms with Crippen molar-refractivity contribution in [3.05, 3.63) is 93.0 Å². The number of anilines is 1. The van der Waals surface area contributed by atoms with Crippen molar-refractivity contribution >= 4 is 40.7 Å². The zero-order valence-corrected chi connectivity index (χ0v) is 18.7. The van der Waals surface area contributed by atoms with Gasteiger partial charge in [0.2, 0.25) is 11.8 Å². The number of phenolic OH excluding ortho intramolecular Hbond substituents is 1. The number of nitrogens with one attached hydrogen (secondary N) is 2. The van der Waals surface area contributed by atoms with E-state index in [0.717, 1.165) is 5.56 Å². The molecular formula is C26H18Cl2N2O3. The SMILES string of the molecule is C#Cc1ccc(O)c([C@H]2NC(=O)C[C@@H](c3cccc(Cl)c3)[C@]23C(=O)Nc2cc(Cl)ccc23)c1. The van der Waals surface area contributed by atoms with Crippen molar-refractivity contribution in [2.75, 3.05) is 5.32 Å². The Morgan fingerprint density at radius 1 is 1.03 bits per heavy atom. The number of halogens is 2. The first-order chi connectivity index (χ1) is 15.8. The molecule has 0 bridgehead atoms. The molecule has 2 heterocycles. The Bertz CT molecular complexity index is 1360. The zero-order valence-electron chi connectivity index (χ0n) is 17.2. The van der Waals surface area contributed by atoms with Crippen LogP contribution in [0.1, 0.15) is 40.6 Å². The van der Waals surface area contributed by atoms with E-state index in [0.29, 0.717) is 32.4 Å². The second-order valence-electron chi connectivity index (χ2n) is 8.24. The van der Waals surface area contributed by atoms with Crippen LogP contribution in [0.3, 0.4) is 0 Å². The van der Waals surface area contributed by atoms with Crippen LogP contribution < -0.4 is 10.6 Å². The molecule has 0 saturated carbocycles. The molecule has 0 aliphatic carbocycles. The molecule has 2 aliphatic rings. The summed E-state index contributed by atoms with van der Waals surface area (Å²) in [7, 11) is 0. The number of carbonyl (C=O) groups excluding carboxylic acids is 2. The van der Waals surface area contributed by atoms with E-state index >= 15 is 0 Å². The lowest BCUT2D eigenvalue weighted by molar-refractivity contribution is -0.131. The van der Waals surface area contributed by atoms with Crippen LogP contribution in [0.25, 0.3) is 0 Å². The molecule has 1 fully saturated rings. The predicted octanol–water partition coefficient (Wildman–Crippen LogP) is 4.92. The van der Waals surface area contributed by atoms with Gasteiger partial charge in [-0.05, 0) is 53.6 Å². The molecule has 3 aromatic carbocycles. The minimum Gasteiger partial charge on any atom is -0.508 e. The van der Waals surface area contributed by atoms with Crippen molar-refractivity contribution in [1.29, 1.82) is 0 Å². The molecule has 3 N–H and O–H groups in total. The van der Waals surface area contributed by atoms with Crippen molar-refractivity contribution in [3.63, 3.8) is 0 Å². The van der Waals surface area contributed by atoms with Crippen LogP contribution in [0.2, 0.25) is 10.0 Å². The lowest BCUT2D eigenvalue weighted by Crippen LogP contribution is -2.56. The summed E-state index contributed by atoms with van der Waals surface area (Å²) in [5.74, 6) is 1.36. The highest BCUT2D eigenvalue weighted by atomic mass is 35.5. The summed E-state index contributed by atoms with van der Waals surface area (Å²) < 4.78 is 0. The first-order valence-corrected chi connectivity index (χ1v) is 11.1. The van der Waals surface area contributed by atoms with Crippen molar-refractivity contribution in [1.82, 2.24) is 5.32 Å². The minimum atomic E-state index is -1.27. The van der Waals surface area contributed by atoms with Gasteiger partial charge in [0.1, 0.15) is 11.2 Å². The second-order valence-corrected chi connectivity index (χ2v) is 9.12. The van der Waals surface area contributed by atoms with Gasteiger partial charge in [0.05, 0.1) is 6.04 Å². The summed E-state index contributed by atoms with van der Waals surface area (Å²) in [5, 5.41) is 17.7. The van der Waals surface area contributed by atoms with Crippen molar-refractivity contribution in [3.8, 4) is 18.1 Å². The highest BCUT2D eigenvalue weighted by Crippen LogP contribution is 2.58. The van der Waals surface area contributed by atoms with E-state index in [-0.39, 0.29) is 24.0 Å². The van der Waals surface area contributed by atoms with Gasteiger partial charge < -0.3 is 15.7 Å². The van der Waals surface area contributed by atoms with E-state index in [1.165, 1.54) is 6.07 Å². The fourth-order valence-electron chi connectivity index (χ4n) is 5.15. The number of piperidine rings is 1. The number of carbonyl (C=O) groups is 2. The predicted molar refractivity (Wildman–Crippen MR) is 127 cm³/mol. The Balaban J connectivity index is 1.84. The number of hydrogen-bond acceptors (Lipinski definition) is 3. The number of fused-ring (bicyclic) bond motifs is 2. The van der Waals surface area contributed by atoms with Crippen LogP contribution in [0.15, 0.2) is 60.7 Å². The van der Waals surface area contributed by atoms with Crippen molar-refractivity contribution in [2.24, 2.45) is 0 Å². The first-order valence-electron chi connectivity index (χ1n) is 10.3. The molecule has 33 heavy (non-hydrogen) atoms. The Hall–Kier alpha value is -3.46. The number of benzene rings is 3. The van der Waals surface area contributed by atoms with Gasteiger partial charge in [0, 0.05) is 39.2 Å². The van der Waals surface area contributed by atoms with Crippen LogP contribution in [-0.4, -0.2) is 16.9 Å². The summed E-state index contributed by atoms with van der Waals surface area (Å²) >= 11 is 12.5. The van der Waals surface area contributed by atoms with Crippen LogP contribution >= 0.6 is 23.2 Å². The van der Waals surface area contributed by atoms with Crippen LogP contribution in [0, 0.1) is 12.3 Å². The monoisotopic (exact) mass is 476 g/mol. The molecule has 3 atom stereocenters. The lowest BCUT2D eigenvalue weighted by Gasteiger charge is -2.46. The van der Waals surface area contributed by atoms with E-state index in [2.05, 4.69) is 16.6 Å². The number of amides is 2. The Kier molecular flexibility index (Phi) is 5.08. The van der Waals surface area contributed by atoms with E-state index < -0.39 is 17.4 Å². The molecular weight excluding hydrogens is 459 g/mol. The topological polar surface area (TPSA) is 78.4 Å². The van der Waals surface area contributed by atoms with Gasteiger partial charge in [-0.1, -0.05) is 47.3 Å². The van der Waals surface area contributed by atoms with Crippen molar-refractivity contribution < 1.29 is 14.7 Å². The van der Waals surface area contributed by atoms with Gasteiger partial charge in [-0.2, -0.15) is 0 Å². The molecule has 3 aromatic rings. The highest BCUT2D eigenvalue weighted by Gasteiger charge is 2.61. The number of aromatic hydroxyl groups is 1. The summed E-state index contributed by atoms with van der Waals surface area (Å²) in [6.07, 6.45) is 5.66. The highest BCUT2D eigenvalue weighted by molar-refractivity contribution is 6.31. The number of rotatable bonds is 2. The molecule has 0 radical (unpaired) electrons. The summed E-state index contributed by atoms with van der Waals surface area (Å²) in [6.45, 7) is 0. The molecule has 2 aliphatic heterocycles.